The molecule has 1 aromatic rings. The van der Waals surface area contributed by atoms with Crippen molar-refractivity contribution in [3.63, 3.8) is 0 Å². The molecule has 0 atom stereocenters. The molecule has 0 amide bonds. The van der Waals surface area contributed by atoms with E-state index in [4.69, 9.17) is 4.74 Å². The van der Waals surface area contributed by atoms with E-state index in [1.807, 2.05) is 6.92 Å². The number of carbonyl (C=O) groups excluding carboxylic acids is 2. The minimum Gasteiger partial charge on any atom is -0.429 e. The average molecular weight is 359 g/mol. The number of benzene rings is 1. The number of hydrogen-bond donors (Lipinski definition) is 0. The fraction of sp³-hybridized carbons (Fsp3) is 0.524. The van der Waals surface area contributed by atoms with Gasteiger partial charge < -0.3 is 4.74 Å². The van der Waals surface area contributed by atoms with Gasteiger partial charge in [-0.3, -0.25) is 9.59 Å². The molecule has 0 bridgehead atoms. The molecule has 1 aliphatic heterocycles. The molecule has 4 heteroatoms. The summed E-state index contributed by atoms with van der Waals surface area (Å²) in [5.41, 5.74) is 6.18. The van der Waals surface area contributed by atoms with Gasteiger partial charge in [-0.1, -0.05) is 37.1 Å². The third-order valence-corrected chi connectivity index (χ3v) is 7.02. The Morgan fingerprint density at radius 2 is 1.68 bits per heavy atom. The SMILES string of the molecule is CC(=O)OC1=C(c2c(C)cc(C)c(C)c2C)C(=O)SC12CCCCC2. The predicted octanol–water partition coefficient (Wildman–Crippen LogP) is 5.17. The molecule has 0 aromatic heterocycles. The molecule has 134 valence electrons. The van der Waals surface area contributed by atoms with E-state index in [9.17, 15) is 9.59 Å². The van der Waals surface area contributed by atoms with Crippen molar-refractivity contribution in [1.82, 2.24) is 0 Å². The smallest absolute Gasteiger partial charge is 0.307 e. The van der Waals surface area contributed by atoms with Crippen LogP contribution < -0.4 is 0 Å². The lowest BCUT2D eigenvalue weighted by Gasteiger charge is -2.33. The monoisotopic (exact) mass is 358 g/mol. The van der Waals surface area contributed by atoms with Gasteiger partial charge in [0, 0.05) is 6.92 Å². The first-order valence-electron chi connectivity index (χ1n) is 9.01. The number of rotatable bonds is 2. The third kappa shape index (κ3) is 3.05. The minimum atomic E-state index is -0.353. The normalized spacial score (nSPS) is 19.6. The second-order valence-electron chi connectivity index (χ2n) is 7.38. The highest BCUT2D eigenvalue weighted by Gasteiger charge is 2.50. The van der Waals surface area contributed by atoms with Crippen molar-refractivity contribution in [2.24, 2.45) is 0 Å². The van der Waals surface area contributed by atoms with Gasteiger partial charge in [-0.15, -0.1) is 0 Å². The topological polar surface area (TPSA) is 43.4 Å². The predicted molar refractivity (Wildman–Crippen MR) is 102 cm³/mol. The highest BCUT2D eigenvalue weighted by molar-refractivity contribution is 8.16. The molecule has 1 heterocycles. The summed E-state index contributed by atoms with van der Waals surface area (Å²) in [6, 6.07) is 2.12. The molecule has 1 fully saturated rings. The molecule has 3 nitrogen and oxygen atoms in total. The lowest BCUT2D eigenvalue weighted by atomic mass is 9.82. The minimum absolute atomic E-state index is 0.0487. The summed E-state index contributed by atoms with van der Waals surface area (Å²) in [6.07, 6.45) is 5.13. The van der Waals surface area contributed by atoms with E-state index in [1.54, 1.807) is 0 Å². The number of hydrogen-bond acceptors (Lipinski definition) is 4. The highest BCUT2D eigenvalue weighted by Crippen LogP contribution is 2.55. The largest absolute Gasteiger partial charge is 0.429 e. The molecule has 0 radical (unpaired) electrons. The summed E-state index contributed by atoms with van der Waals surface area (Å²) in [5.74, 6) is 0.274. The Labute approximate surface area is 154 Å². The van der Waals surface area contributed by atoms with E-state index in [0.717, 1.165) is 42.4 Å². The van der Waals surface area contributed by atoms with Crippen LogP contribution in [0.3, 0.4) is 0 Å². The molecule has 0 saturated heterocycles. The van der Waals surface area contributed by atoms with E-state index < -0.39 is 0 Å². The van der Waals surface area contributed by atoms with Gasteiger partial charge in [0.1, 0.15) is 5.76 Å². The van der Waals surface area contributed by atoms with Gasteiger partial charge in [-0.25, -0.2) is 0 Å². The first-order chi connectivity index (χ1) is 11.8. The van der Waals surface area contributed by atoms with Gasteiger partial charge in [0.25, 0.3) is 0 Å². The van der Waals surface area contributed by atoms with E-state index in [0.29, 0.717) is 11.3 Å². The Morgan fingerprint density at radius 1 is 1.04 bits per heavy atom. The van der Waals surface area contributed by atoms with Gasteiger partial charge in [0.15, 0.2) is 0 Å². The summed E-state index contributed by atoms with van der Waals surface area (Å²) < 4.78 is 5.37. The summed E-state index contributed by atoms with van der Waals surface area (Å²) in [6.45, 7) is 9.70. The molecule has 1 spiro atoms. The number of ether oxygens (including phenoxy) is 1. The molecule has 3 rings (SSSR count). The zero-order valence-corrected chi connectivity index (χ0v) is 16.6. The van der Waals surface area contributed by atoms with Crippen molar-refractivity contribution in [2.75, 3.05) is 0 Å². The van der Waals surface area contributed by atoms with Gasteiger partial charge in [0.05, 0.1) is 10.3 Å². The summed E-state index contributed by atoms with van der Waals surface area (Å²) >= 11 is 1.38. The molecule has 0 N–H and O–H groups in total. The molecule has 1 aromatic carbocycles. The second kappa shape index (κ2) is 6.64. The standard InChI is InChI=1S/C21H26O3S/c1-12-11-13(2)17(15(4)14(12)3)18-19(24-16(5)22)21(25-20(18)23)9-7-6-8-10-21/h11H,6-10H2,1-5H3. The van der Waals surface area contributed by atoms with Crippen molar-refractivity contribution in [2.45, 2.75) is 71.5 Å². The van der Waals surface area contributed by atoms with Crippen molar-refractivity contribution in [3.8, 4) is 0 Å². The summed E-state index contributed by atoms with van der Waals surface area (Å²) in [7, 11) is 0. The summed E-state index contributed by atoms with van der Waals surface area (Å²) in [4.78, 5) is 24.9. The van der Waals surface area contributed by atoms with Crippen LogP contribution in [0.5, 0.6) is 0 Å². The van der Waals surface area contributed by atoms with Crippen LogP contribution in [0.4, 0.5) is 0 Å². The van der Waals surface area contributed by atoms with Crippen LogP contribution in [0, 0.1) is 27.7 Å². The van der Waals surface area contributed by atoms with Crippen molar-refractivity contribution in [3.05, 3.63) is 39.6 Å². The van der Waals surface area contributed by atoms with Crippen molar-refractivity contribution < 1.29 is 14.3 Å². The van der Waals surface area contributed by atoms with Gasteiger partial charge >= 0.3 is 5.97 Å². The van der Waals surface area contributed by atoms with Crippen LogP contribution in [0.1, 0.15) is 66.8 Å². The second-order valence-corrected chi connectivity index (χ2v) is 8.73. The Morgan fingerprint density at radius 3 is 2.28 bits per heavy atom. The average Bonchev–Trinajstić information content (AvgIpc) is 2.78. The van der Waals surface area contributed by atoms with E-state index in [-0.39, 0.29) is 15.8 Å². The molecule has 25 heavy (non-hydrogen) atoms. The van der Waals surface area contributed by atoms with Crippen LogP contribution in [-0.4, -0.2) is 15.8 Å². The maximum absolute atomic E-state index is 13.1. The van der Waals surface area contributed by atoms with Crippen LogP contribution in [-0.2, 0) is 14.3 Å². The van der Waals surface area contributed by atoms with Crippen LogP contribution in [0.15, 0.2) is 11.8 Å². The Bertz CT molecular complexity index is 783. The fourth-order valence-corrected chi connectivity index (χ4v) is 5.60. The zero-order valence-electron chi connectivity index (χ0n) is 15.7. The van der Waals surface area contributed by atoms with E-state index >= 15 is 0 Å². The third-order valence-electron chi connectivity index (χ3n) is 5.65. The molecular formula is C21H26O3S. The number of carbonyl (C=O) groups is 2. The van der Waals surface area contributed by atoms with Gasteiger partial charge in [0.2, 0.25) is 5.12 Å². The quantitative estimate of drug-likeness (QED) is 0.684. The maximum Gasteiger partial charge on any atom is 0.307 e. The maximum atomic E-state index is 13.1. The van der Waals surface area contributed by atoms with Crippen LogP contribution >= 0.6 is 11.8 Å². The molecule has 2 aliphatic rings. The number of aryl methyl sites for hydroxylation is 2. The Kier molecular flexibility index (Phi) is 4.84. The molecule has 0 unspecified atom stereocenters. The van der Waals surface area contributed by atoms with E-state index in [1.165, 1.54) is 36.2 Å². The van der Waals surface area contributed by atoms with Gasteiger partial charge in [-0.2, -0.15) is 0 Å². The lowest BCUT2D eigenvalue weighted by molar-refractivity contribution is -0.137. The van der Waals surface area contributed by atoms with E-state index in [2.05, 4.69) is 26.8 Å². The highest BCUT2D eigenvalue weighted by atomic mass is 32.2. The number of thioether (sulfide) groups is 1. The zero-order chi connectivity index (χ0) is 18.4. The molecular weight excluding hydrogens is 332 g/mol. The molecule has 1 saturated carbocycles. The lowest BCUT2D eigenvalue weighted by Crippen LogP contribution is -2.30. The first-order valence-corrected chi connectivity index (χ1v) is 9.83. The van der Waals surface area contributed by atoms with Crippen LogP contribution in [0.2, 0.25) is 0 Å². The number of esters is 1. The summed E-state index contributed by atoms with van der Waals surface area (Å²) in [5, 5.41) is 0.0487. The Hall–Kier alpha value is -1.55. The Balaban J connectivity index is 2.26. The fourth-order valence-electron chi connectivity index (χ4n) is 4.22. The van der Waals surface area contributed by atoms with Gasteiger partial charge in [-0.05, 0) is 68.4 Å². The van der Waals surface area contributed by atoms with Crippen molar-refractivity contribution in [1.29, 1.82) is 0 Å². The van der Waals surface area contributed by atoms with Crippen molar-refractivity contribution >= 4 is 28.4 Å². The molecule has 1 aliphatic carbocycles. The van der Waals surface area contributed by atoms with Crippen LogP contribution in [0.25, 0.3) is 5.57 Å². The first kappa shape index (κ1) is 18.2.